The van der Waals surface area contributed by atoms with E-state index in [1.165, 1.54) is 5.39 Å². The van der Waals surface area contributed by atoms with Crippen molar-refractivity contribution in [3.63, 3.8) is 0 Å². The number of hydrogen-bond donors (Lipinski definition) is 0. The number of nitriles is 1. The third kappa shape index (κ3) is 2.89. The molecule has 0 amide bonds. The molecule has 0 N–H and O–H groups in total. The Labute approximate surface area is 119 Å². The Morgan fingerprint density at radius 3 is 2.45 bits per heavy atom. The second kappa shape index (κ2) is 6.07. The van der Waals surface area contributed by atoms with Crippen molar-refractivity contribution < 1.29 is 0 Å². The average molecular weight is 266 g/mol. The summed E-state index contributed by atoms with van der Waals surface area (Å²) >= 11 is 0. The number of para-hydroxylation sites is 1. The lowest BCUT2D eigenvalue weighted by Gasteiger charge is -2.21. The van der Waals surface area contributed by atoms with Gasteiger partial charge in [-0.2, -0.15) is 5.26 Å². The predicted molar refractivity (Wildman–Crippen MR) is 80.2 cm³/mol. The summed E-state index contributed by atoms with van der Waals surface area (Å²) in [6, 6.07) is 12.1. The van der Waals surface area contributed by atoms with Gasteiger partial charge in [-0.3, -0.25) is 9.88 Å². The van der Waals surface area contributed by atoms with Crippen LogP contribution in [0.4, 0.5) is 0 Å². The molecule has 1 atom stereocenters. The molecule has 0 saturated heterocycles. The minimum atomic E-state index is 0.185. The van der Waals surface area contributed by atoms with Gasteiger partial charge in [0.2, 0.25) is 0 Å². The predicted octanol–water partition coefficient (Wildman–Crippen LogP) is 3.16. The van der Waals surface area contributed by atoms with E-state index in [1.54, 1.807) is 4.90 Å². The van der Waals surface area contributed by atoms with E-state index in [4.69, 9.17) is 5.26 Å². The number of allylic oxidation sites excluding steroid dienone is 1. The third-order valence-corrected chi connectivity index (χ3v) is 3.35. The van der Waals surface area contributed by atoms with Gasteiger partial charge in [-0.1, -0.05) is 24.3 Å². The maximum absolute atomic E-state index is 8.63. The minimum absolute atomic E-state index is 0.185. The number of benzene rings is 1. The fourth-order valence-electron chi connectivity index (χ4n) is 2.12. The van der Waals surface area contributed by atoms with Crippen molar-refractivity contribution in [1.82, 2.24) is 14.8 Å². The first-order valence-electron chi connectivity index (χ1n) is 6.52. The quantitative estimate of drug-likeness (QED) is 0.687. The number of fused-ring (bicyclic) bond motifs is 1. The van der Waals surface area contributed by atoms with Crippen LogP contribution in [0.2, 0.25) is 0 Å². The van der Waals surface area contributed by atoms with Crippen molar-refractivity contribution in [2.75, 3.05) is 7.05 Å². The van der Waals surface area contributed by atoms with Crippen LogP contribution in [0.25, 0.3) is 10.9 Å². The highest BCUT2D eigenvalue weighted by molar-refractivity contribution is 5.77. The molecule has 1 aliphatic heterocycles. The summed E-state index contributed by atoms with van der Waals surface area (Å²) in [5.74, 6) is 0. The molecule has 0 bridgehead atoms. The number of rotatable bonds is 0. The first kappa shape index (κ1) is 13.9. The lowest BCUT2D eigenvalue weighted by molar-refractivity contribution is 0.246. The van der Waals surface area contributed by atoms with Gasteiger partial charge in [0.05, 0.1) is 5.52 Å². The molecular formula is C16H18N4. The monoisotopic (exact) mass is 266 g/mol. The molecule has 20 heavy (non-hydrogen) atoms. The molecule has 4 nitrogen and oxygen atoms in total. The summed E-state index contributed by atoms with van der Waals surface area (Å²) in [7, 11) is 1.96. The lowest BCUT2D eigenvalue weighted by Crippen LogP contribution is -2.31. The fourth-order valence-corrected chi connectivity index (χ4v) is 2.12. The maximum Gasteiger partial charge on any atom is 0.185 e. The molecule has 0 fully saturated rings. The zero-order valence-corrected chi connectivity index (χ0v) is 12.0. The number of pyridine rings is 1. The molecule has 0 saturated carbocycles. The van der Waals surface area contributed by atoms with Gasteiger partial charge in [0.25, 0.3) is 0 Å². The molecule has 3 rings (SSSR count). The first-order valence-corrected chi connectivity index (χ1v) is 6.52. The highest BCUT2D eigenvalue weighted by Crippen LogP contribution is 2.18. The Morgan fingerprint density at radius 2 is 1.90 bits per heavy atom. The van der Waals surface area contributed by atoms with Crippen molar-refractivity contribution in [2.24, 2.45) is 0 Å². The van der Waals surface area contributed by atoms with Crippen LogP contribution in [0.1, 0.15) is 13.8 Å². The van der Waals surface area contributed by atoms with Crippen LogP contribution in [-0.2, 0) is 0 Å². The SMILES string of the molecule is CC1=CN(C)C(C)N1C#N.c1ccc2ncccc2c1. The Morgan fingerprint density at radius 1 is 1.20 bits per heavy atom. The molecule has 1 aromatic heterocycles. The van der Waals surface area contributed by atoms with E-state index in [2.05, 4.69) is 23.3 Å². The van der Waals surface area contributed by atoms with Crippen molar-refractivity contribution in [1.29, 1.82) is 5.26 Å². The molecule has 1 aromatic carbocycles. The maximum atomic E-state index is 8.63. The van der Waals surface area contributed by atoms with Crippen molar-refractivity contribution in [2.45, 2.75) is 20.0 Å². The van der Waals surface area contributed by atoms with Crippen molar-refractivity contribution in [3.05, 3.63) is 54.5 Å². The number of hydrogen-bond acceptors (Lipinski definition) is 4. The molecule has 4 heteroatoms. The van der Waals surface area contributed by atoms with Gasteiger partial charge >= 0.3 is 0 Å². The number of aromatic nitrogens is 1. The van der Waals surface area contributed by atoms with E-state index in [-0.39, 0.29) is 6.17 Å². The summed E-state index contributed by atoms with van der Waals surface area (Å²) in [4.78, 5) is 7.87. The summed E-state index contributed by atoms with van der Waals surface area (Å²) in [6.45, 7) is 3.93. The van der Waals surface area contributed by atoms with Crippen molar-refractivity contribution in [3.8, 4) is 6.19 Å². The van der Waals surface area contributed by atoms with E-state index < -0.39 is 0 Å². The molecule has 2 aromatic rings. The van der Waals surface area contributed by atoms with Gasteiger partial charge in [0.15, 0.2) is 6.19 Å². The van der Waals surface area contributed by atoms with Gasteiger partial charge in [-0.15, -0.1) is 0 Å². The second-order valence-corrected chi connectivity index (χ2v) is 4.73. The molecule has 2 heterocycles. The van der Waals surface area contributed by atoms with E-state index in [9.17, 15) is 0 Å². The lowest BCUT2D eigenvalue weighted by atomic mass is 10.2. The summed E-state index contributed by atoms with van der Waals surface area (Å²) in [5.41, 5.74) is 2.07. The van der Waals surface area contributed by atoms with Crippen LogP contribution in [0.5, 0.6) is 0 Å². The summed E-state index contributed by atoms with van der Waals surface area (Å²) in [6.07, 6.45) is 6.08. The van der Waals surface area contributed by atoms with E-state index >= 15 is 0 Å². The standard InChI is InChI=1S/C9H7N.C7H11N3/c1-2-6-9-8(4-1)5-3-7-10-9;1-6-4-9(3)7(2)10(6)5-8/h1-7H;4,7H,1-3H3. The van der Waals surface area contributed by atoms with Crippen LogP contribution >= 0.6 is 0 Å². The Bertz CT molecular complexity index is 591. The van der Waals surface area contributed by atoms with Crippen LogP contribution in [0.3, 0.4) is 0 Å². The van der Waals surface area contributed by atoms with Gasteiger partial charge < -0.3 is 4.90 Å². The van der Waals surface area contributed by atoms with Crippen LogP contribution < -0.4 is 0 Å². The molecular weight excluding hydrogens is 248 g/mol. The Balaban J connectivity index is 0.000000147. The summed E-state index contributed by atoms with van der Waals surface area (Å²) < 4.78 is 0. The Kier molecular flexibility index (Phi) is 4.21. The molecule has 1 aliphatic rings. The first-order chi connectivity index (χ1) is 9.63. The molecule has 0 aliphatic carbocycles. The molecule has 102 valence electrons. The van der Waals surface area contributed by atoms with Gasteiger partial charge in [0, 0.05) is 30.5 Å². The highest BCUT2D eigenvalue weighted by Gasteiger charge is 2.22. The smallest absolute Gasteiger partial charge is 0.185 e. The second-order valence-electron chi connectivity index (χ2n) is 4.73. The Hall–Kier alpha value is -2.54. The van der Waals surface area contributed by atoms with E-state index in [0.717, 1.165) is 11.2 Å². The van der Waals surface area contributed by atoms with Crippen LogP contribution in [-0.4, -0.2) is 28.0 Å². The van der Waals surface area contributed by atoms with E-state index in [1.807, 2.05) is 62.5 Å². The zero-order valence-electron chi connectivity index (χ0n) is 12.0. The molecule has 0 spiro atoms. The van der Waals surface area contributed by atoms with Gasteiger partial charge in [-0.05, 0) is 26.0 Å². The van der Waals surface area contributed by atoms with Crippen molar-refractivity contribution >= 4 is 10.9 Å². The summed E-state index contributed by atoms with van der Waals surface area (Å²) in [5, 5.41) is 9.83. The number of nitrogens with zero attached hydrogens (tertiary/aromatic N) is 4. The van der Waals surface area contributed by atoms with Gasteiger partial charge in [0.1, 0.15) is 6.17 Å². The third-order valence-electron chi connectivity index (χ3n) is 3.35. The molecule has 0 radical (unpaired) electrons. The topological polar surface area (TPSA) is 43.2 Å². The van der Waals surface area contributed by atoms with Crippen LogP contribution in [0, 0.1) is 11.5 Å². The minimum Gasteiger partial charge on any atom is -0.358 e. The zero-order chi connectivity index (χ0) is 14.5. The highest BCUT2D eigenvalue weighted by atomic mass is 15.4. The molecule has 1 unspecified atom stereocenters. The fraction of sp³-hybridized carbons (Fsp3) is 0.250. The van der Waals surface area contributed by atoms with E-state index in [0.29, 0.717) is 0 Å². The van der Waals surface area contributed by atoms with Crippen LogP contribution in [0.15, 0.2) is 54.5 Å². The normalized spacial score (nSPS) is 17.3. The average Bonchev–Trinajstić information content (AvgIpc) is 2.72. The largest absolute Gasteiger partial charge is 0.358 e. The van der Waals surface area contributed by atoms with Gasteiger partial charge in [-0.25, -0.2) is 0 Å².